The van der Waals surface area contributed by atoms with Crippen LogP contribution in [0.3, 0.4) is 0 Å². The highest BCUT2D eigenvalue weighted by molar-refractivity contribution is 5.76. The fourth-order valence-corrected chi connectivity index (χ4v) is 4.87. The summed E-state index contributed by atoms with van der Waals surface area (Å²) < 4.78 is 1.85. The van der Waals surface area contributed by atoms with Gasteiger partial charge in [0.05, 0.1) is 17.2 Å². The summed E-state index contributed by atoms with van der Waals surface area (Å²) in [7, 11) is 0. The van der Waals surface area contributed by atoms with E-state index in [4.69, 9.17) is 0 Å². The summed E-state index contributed by atoms with van der Waals surface area (Å²) in [5.41, 5.74) is 4.60. The Morgan fingerprint density at radius 2 is 1.61 bits per heavy atom. The molecular formula is C28H30N4O. The number of aromatic nitrogens is 2. The highest BCUT2D eigenvalue weighted by Gasteiger charge is 2.23. The van der Waals surface area contributed by atoms with E-state index in [2.05, 4.69) is 76.3 Å². The molecule has 0 spiro atoms. The molecule has 5 heteroatoms. The van der Waals surface area contributed by atoms with Crippen LogP contribution in [0.5, 0.6) is 0 Å². The van der Waals surface area contributed by atoms with Crippen molar-refractivity contribution in [1.82, 2.24) is 14.5 Å². The molecule has 4 aromatic rings. The molecule has 5 nitrogen and oxygen atoms in total. The molecule has 168 valence electrons. The Hall–Kier alpha value is -3.44. The van der Waals surface area contributed by atoms with Gasteiger partial charge in [0.15, 0.2) is 0 Å². The van der Waals surface area contributed by atoms with Crippen molar-refractivity contribution in [2.75, 3.05) is 31.1 Å². The molecule has 33 heavy (non-hydrogen) atoms. The number of aryl methyl sites for hydroxylation is 1. The third kappa shape index (κ3) is 4.55. The quantitative estimate of drug-likeness (QED) is 0.416. The third-order valence-electron chi connectivity index (χ3n) is 6.75. The van der Waals surface area contributed by atoms with Crippen LogP contribution in [0.2, 0.25) is 0 Å². The molecule has 1 fully saturated rings. The SMILES string of the molecule is Cc1ccccc1N(CCN1CCC(n2cnc3ccccc3c2=O)CC1)c1ccccc1. The van der Waals surface area contributed by atoms with Crippen LogP contribution >= 0.6 is 0 Å². The lowest BCUT2D eigenvalue weighted by atomic mass is 10.0. The van der Waals surface area contributed by atoms with Crippen molar-refractivity contribution < 1.29 is 0 Å². The smallest absolute Gasteiger partial charge is 0.261 e. The number of likely N-dealkylation sites (tertiary alicyclic amines) is 1. The van der Waals surface area contributed by atoms with E-state index in [-0.39, 0.29) is 11.6 Å². The zero-order valence-electron chi connectivity index (χ0n) is 19.1. The van der Waals surface area contributed by atoms with Gasteiger partial charge in [-0.2, -0.15) is 0 Å². The predicted octanol–water partition coefficient (Wildman–Crippen LogP) is 5.18. The van der Waals surface area contributed by atoms with Gasteiger partial charge in [0, 0.05) is 43.6 Å². The minimum absolute atomic E-state index is 0.0776. The maximum absolute atomic E-state index is 13.0. The van der Waals surface area contributed by atoms with E-state index in [1.54, 1.807) is 6.33 Å². The molecule has 0 saturated carbocycles. The largest absolute Gasteiger partial charge is 0.340 e. The lowest BCUT2D eigenvalue weighted by Gasteiger charge is -2.35. The second kappa shape index (κ2) is 9.59. The Labute approximate surface area is 194 Å². The topological polar surface area (TPSA) is 41.4 Å². The highest BCUT2D eigenvalue weighted by atomic mass is 16.1. The normalized spacial score (nSPS) is 15.1. The third-order valence-corrected chi connectivity index (χ3v) is 6.75. The first-order valence-electron chi connectivity index (χ1n) is 11.8. The van der Waals surface area contributed by atoms with Gasteiger partial charge in [0.2, 0.25) is 0 Å². The molecule has 1 aromatic heterocycles. The number of para-hydroxylation sites is 3. The van der Waals surface area contributed by atoms with Gasteiger partial charge >= 0.3 is 0 Å². The molecule has 0 N–H and O–H groups in total. The molecule has 1 aliphatic rings. The zero-order valence-corrected chi connectivity index (χ0v) is 19.1. The summed E-state index contributed by atoms with van der Waals surface area (Å²) in [6.07, 6.45) is 3.67. The molecule has 1 aliphatic heterocycles. The molecule has 0 radical (unpaired) electrons. The van der Waals surface area contributed by atoms with Crippen LogP contribution in [-0.2, 0) is 0 Å². The Morgan fingerprint density at radius 1 is 0.909 bits per heavy atom. The van der Waals surface area contributed by atoms with Gasteiger partial charge in [0.25, 0.3) is 5.56 Å². The maximum Gasteiger partial charge on any atom is 0.261 e. The summed E-state index contributed by atoms with van der Waals surface area (Å²) in [5, 5.41) is 0.708. The Balaban J connectivity index is 1.26. The minimum Gasteiger partial charge on any atom is -0.340 e. The summed E-state index contributed by atoms with van der Waals surface area (Å²) >= 11 is 0. The van der Waals surface area contributed by atoms with Crippen molar-refractivity contribution in [1.29, 1.82) is 0 Å². The number of piperidine rings is 1. The Kier molecular flexibility index (Phi) is 6.22. The zero-order chi connectivity index (χ0) is 22.6. The maximum atomic E-state index is 13.0. The fraction of sp³-hybridized carbons (Fsp3) is 0.286. The van der Waals surface area contributed by atoms with Gasteiger partial charge in [0.1, 0.15) is 0 Å². The van der Waals surface area contributed by atoms with Crippen LogP contribution in [-0.4, -0.2) is 40.6 Å². The molecule has 1 saturated heterocycles. The van der Waals surface area contributed by atoms with E-state index >= 15 is 0 Å². The van der Waals surface area contributed by atoms with E-state index in [0.717, 1.165) is 44.5 Å². The van der Waals surface area contributed by atoms with Gasteiger partial charge in [-0.15, -0.1) is 0 Å². The van der Waals surface area contributed by atoms with Crippen molar-refractivity contribution >= 4 is 22.3 Å². The number of nitrogens with zero attached hydrogens (tertiary/aromatic N) is 4. The standard InChI is InChI=1S/C28H30N4O/c1-22-9-5-8-14-27(22)31(23-10-3-2-4-11-23)20-19-30-17-15-24(16-18-30)32-21-29-26-13-7-6-12-25(26)28(32)33/h2-14,21,24H,15-20H2,1H3. The van der Waals surface area contributed by atoms with Gasteiger partial charge in [-0.3, -0.25) is 9.36 Å². The number of hydrogen-bond donors (Lipinski definition) is 0. The minimum atomic E-state index is 0.0776. The van der Waals surface area contributed by atoms with Crippen molar-refractivity contribution in [3.05, 3.63) is 101 Å². The number of rotatable bonds is 6. The van der Waals surface area contributed by atoms with E-state index in [1.807, 2.05) is 28.8 Å². The first-order valence-corrected chi connectivity index (χ1v) is 11.8. The van der Waals surface area contributed by atoms with Crippen molar-refractivity contribution in [2.45, 2.75) is 25.8 Å². The summed E-state index contributed by atoms with van der Waals surface area (Å²) in [6.45, 7) is 6.06. The molecule has 0 aliphatic carbocycles. The van der Waals surface area contributed by atoms with Crippen molar-refractivity contribution in [3.63, 3.8) is 0 Å². The van der Waals surface area contributed by atoms with Crippen LogP contribution in [0, 0.1) is 6.92 Å². The number of hydrogen-bond acceptors (Lipinski definition) is 4. The molecule has 0 bridgehead atoms. The van der Waals surface area contributed by atoms with Gasteiger partial charge in [-0.25, -0.2) is 4.98 Å². The average Bonchev–Trinajstić information content (AvgIpc) is 2.87. The fourth-order valence-electron chi connectivity index (χ4n) is 4.87. The molecule has 3 aromatic carbocycles. The second-order valence-corrected chi connectivity index (χ2v) is 8.82. The van der Waals surface area contributed by atoms with Crippen LogP contribution in [0.25, 0.3) is 10.9 Å². The Morgan fingerprint density at radius 3 is 2.39 bits per heavy atom. The van der Waals surface area contributed by atoms with E-state index in [1.165, 1.54) is 16.9 Å². The molecule has 2 heterocycles. The lowest BCUT2D eigenvalue weighted by molar-refractivity contribution is 0.188. The van der Waals surface area contributed by atoms with Gasteiger partial charge < -0.3 is 9.80 Å². The second-order valence-electron chi connectivity index (χ2n) is 8.82. The van der Waals surface area contributed by atoms with Crippen molar-refractivity contribution in [2.24, 2.45) is 0 Å². The highest BCUT2D eigenvalue weighted by Crippen LogP contribution is 2.28. The molecular weight excluding hydrogens is 408 g/mol. The monoisotopic (exact) mass is 438 g/mol. The molecule has 5 rings (SSSR count). The van der Waals surface area contributed by atoms with Crippen LogP contribution in [0.15, 0.2) is 90.0 Å². The first kappa shape index (κ1) is 21.4. The summed E-state index contributed by atoms with van der Waals surface area (Å²) in [6, 6.07) is 27.0. The molecule has 0 unspecified atom stereocenters. The number of fused-ring (bicyclic) bond motifs is 1. The van der Waals surface area contributed by atoms with Crippen LogP contribution in [0.4, 0.5) is 11.4 Å². The predicted molar refractivity (Wildman–Crippen MR) is 135 cm³/mol. The average molecular weight is 439 g/mol. The number of anilines is 2. The summed E-state index contributed by atoms with van der Waals surface area (Å²) in [5.74, 6) is 0. The van der Waals surface area contributed by atoms with Gasteiger partial charge in [-0.1, -0.05) is 48.5 Å². The lowest BCUT2D eigenvalue weighted by Crippen LogP contribution is -2.40. The van der Waals surface area contributed by atoms with Crippen molar-refractivity contribution in [3.8, 4) is 0 Å². The van der Waals surface area contributed by atoms with Crippen LogP contribution < -0.4 is 10.5 Å². The molecule has 0 atom stereocenters. The number of benzene rings is 3. The van der Waals surface area contributed by atoms with Gasteiger partial charge in [-0.05, 0) is 55.7 Å². The van der Waals surface area contributed by atoms with E-state index < -0.39 is 0 Å². The summed E-state index contributed by atoms with van der Waals surface area (Å²) in [4.78, 5) is 22.4. The Bertz CT molecular complexity index is 1280. The first-order chi connectivity index (χ1) is 16.2. The van der Waals surface area contributed by atoms with Crippen LogP contribution in [0.1, 0.15) is 24.4 Å². The van der Waals surface area contributed by atoms with E-state index in [0.29, 0.717) is 5.39 Å². The molecule has 0 amide bonds. The van der Waals surface area contributed by atoms with E-state index in [9.17, 15) is 4.79 Å².